The first-order valence-electron chi connectivity index (χ1n) is 5.69. The summed E-state index contributed by atoms with van der Waals surface area (Å²) < 4.78 is 0. The summed E-state index contributed by atoms with van der Waals surface area (Å²) in [7, 11) is 1.99. The van der Waals surface area contributed by atoms with Gasteiger partial charge in [-0.2, -0.15) is 0 Å². The molecule has 1 aromatic carbocycles. The minimum absolute atomic E-state index is 0.176. The fourth-order valence-electron chi connectivity index (χ4n) is 1.78. The average molecular weight is 281 g/mol. The molecule has 0 aliphatic heterocycles. The summed E-state index contributed by atoms with van der Waals surface area (Å²) in [6.07, 6.45) is 0. The SMILES string of the molecule is CC(c1cccc(Cl)c1)N(C)c1cccc(Cl)n1. The van der Waals surface area contributed by atoms with E-state index in [-0.39, 0.29) is 6.04 Å². The predicted octanol–water partition coefficient (Wildman–Crippen LogP) is 4.59. The third kappa shape index (κ3) is 2.95. The zero-order valence-electron chi connectivity index (χ0n) is 10.3. The first-order chi connectivity index (χ1) is 8.58. The molecule has 0 N–H and O–H groups in total. The molecule has 1 aromatic heterocycles. The second-order valence-electron chi connectivity index (χ2n) is 4.16. The lowest BCUT2D eigenvalue weighted by molar-refractivity contribution is 0.729. The van der Waals surface area contributed by atoms with E-state index in [1.165, 1.54) is 0 Å². The summed E-state index contributed by atoms with van der Waals surface area (Å²) in [6.45, 7) is 2.11. The summed E-state index contributed by atoms with van der Waals surface area (Å²) in [5.41, 5.74) is 1.15. The Hall–Kier alpha value is -1.25. The van der Waals surface area contributed by atoms with E-state index < -0.39 is 0 Å². The standard InChI is InChI=1S/C14H14Cl2N2/c1-10(11-5-3-6-12(15)9-11)18(2)14-8-4-7-13(16)17-14/h3-10H,1-2H3. The smallest absolute Gasteiger partial charge is 0.131 e. The van der Waals surface area contributed by atoms with Crippen LogP contribution in [0.25, 0.3) is 0 Å². The zero-order valence-corrected chi connectivity index (χ0v) is 11.8. The summed E-state index contributed by atoms with van der Waals surface area (Å²) in [5, 5.41) is 1.24. The maximum atomic E-state index is 6.01. The topological polar surface area (TPSA) is 16.1 Å². The van der Waals surface area contributed by atoms with Crippen LogP contribution < -0.4 is 4.90 Å². The Morgan fingerprint density at radius 2 is 1.83 bits per heavy atom. The average Bonchev–Trinajstić information content (AvgIpc) is 2.37. The van der Waals surface area contributed by atoms with Gasteiger partial charge in [-0.25, -0.2) is 4.98 Å². The van der Waals surface area contributed by atoms with E-state index in [4.69, 9.17) is 23.2 Å². The van der Waals surface area contributed by atoms with Crippen LogP contribution in [0.2, 0.25) is 10.2 Å². The highest BCUT2D eigenvalue weighted by Crippen LogP contribution is 2.26. The molecule has 4 heteroatoms. The van der Waals surface area contributed by atoms with Gasteiger partial charge in [-0.1, -0.05) is 41.4 Å². The van der Waals surface area contributed by atoms with Crippen LogP contribution in [0.3, 0.4) is 0 Å². The molecule has 0 aliphatic rings. The zero-order chi connectivity index (χ0) is 13.1. The molecule has 0 bridgehead atoms. The highest BCUT2D eigenvalue weighted by atomic mass is 35.5. The number of nitrogens with zero attached hydrogens (tertiary/aromatic N) is 2. The number of pyridine rings is 1. The highest BCUT2D eigenvalue weighted by Gasteiger charge is 2.13. The van der Waals surface area contributed by atoms with Gasteiger partial charge in [0.25, 0.3) is 0 Å². The molecule has 0 amide bonds. The van der Waals surface area contributed by atoms with Crippen LogP contribution in [0.15, 0.2) is 42.5 Å². The van der Waals surface area contributed by atoms with E-state index in [1.807, 2.05) is 37.4 Å². The Balaban J connectivity index is 2.26. The van der Waals surface area contributed by atoms with E-state index >= 15 is 0 Å². The van der Waals surface area contributed by atoms with E-state index in [2.05, 4.69) is 22.9 Å². The van der Waals surface area contributed by atoms with Gasteiger partial charge >= 0.3 is 0 Å². The van der Waals surface area contributed by atoms with Gasteiger partial charge in [-0.15, -0.1) is 0 Å². The van der Waals surface area contributed by atoms with Crippen molar-refractivity contribution in [2.45, 2.75) is 13.0 Å². The maximum Gasteiger partial charge on any atom is 0.131 e. The number of hydrogen-bond acceptors (Lipinski definition) is 2. The lowest BCUT2D eigenvalue weighted by atomic mass is 10.1. The predicted molar refractivity (Wildman–Crippen MR) is 77.5 cm³/mol. The van der Waals surface area contributed by atoms with Gasteiger partial charge in [0.05, 0.1) is 6.04 Å². The fourth-order valence-corrected chi connectivity index (χ4v) is 2.14. The normalized spacial score (nSPS) is 12.2. The van der Waals surface area contributed by atoms with Crippen molar-refractivity contribution in [3.05, 3.63) is 58.2 Å². The number of anilines is 1. The first kappa shape index (κ1) is 13.2. The Morgan fingerprint density at radius 3 is 2.50 bits per heavy atom. The monoisotopic (exact) mass is 280 g/mol. The fraction of sp³-hybridized carbons (Fsp3) is 0.214. The summed E-state index contributed by atoms with van der Waals surface area (Å²) in [4.78, 5) is 6.37. The molecule has 1 unspecified atom stereocenters. The van der Waals surface area contributed by atoms with Crippen molar-refractivity contribution in [3.63, 3.8) is 0 Å². The molecule has 1 atom stereocenters. The van der Waals surface area contributed by atoms with E-state index in [9.17, 15) is 0 Å². The maximum absolute atomic E-state index is 6.01. The molecule has 2 aromatic rings. The molecular weight excluding hydrogens is 267 g/mol. The molecular formula is C14H14Cl2N2. The van der Waals surface area contributed by atoms with Crippen molar-refractivity contribution in [2.75, 3.05) is 11.9 Å². The van der Waals surface area contributed by atoms with Gasteiger partial charge in [-0.3, -0.25) is 0 Å². The van der Waals surface area contributed by atoms with Gasteiger partial charge in [-0.05, 0) is 36.8 Å². The first-order valence-corrected chi connectivity index (χ1v) is 6.44. The van der Waals surface area contributed by atoms with Crippen molar-refractivity contribution in [2.24, 2.45) is 0 Å². The molecule has 94 valence electrons. The van der Waals surface area contributed by atoms with Gasteiger partial charge in [0.1, 0.15) is 11.0 Å². The van der Waals surface area contributed by atoms with Crippen LogP contribution in [-0.2, 0) is 0 Å². The molecule has 0 radical (unpaired) electrons. The lowest BCUT2D eigenvalue weighted by Crippen LogP contribution is -2.22. The Kier molecular flexibility index (Phi) is 4.10. The van der Waals surface area contributed by atoms with E-state index in [0.29, 0.717) is 5.15 Å². The van der Waals surface area contributed by atoms with Gasteiger partial charge < -0.3 is 4.90 Å². The van der Waals surface area contributed by atoms with Crippen molar-refractivity contribution < 1.29 is 0 Å². The van der Waals surface area contributed by atoms with Gasteiger partial charge in [0.2, 0.25) is 0 Å². The van der Waals surface area contributed by atoms with Crippen LogP contribution in [-0.4, -0.2) is 12.0 Å². The number of aromatic nitrogens is 1. The second-order valence-corrected chi connectivity index (χ2v) is 4.98. The minimum Gasteiger partial charge on any atom is -0.353 e. The van der Waals surface area contributed by atoms with Crippen molar-refractivity contribution in [1.82, 2.24) is 4.98 Å². The van der Waals surface area contributed by atoms with Gasteiger partial charge in [0.15, 0.2) is 0 Å². The molecule has 2 rings (SSSR count). The van der Waals surface area contributed by atoms with Crippen LogP contribution >= 0.6 is 23.2 Å². The molecule has 0 saturated carbocycles. The largest absolute Gasteiger partial charge is 0.353 e. The third-order valence-electron chi connectivity index (χ3n) is 2.97. The summed E-state index contributed by atoms with van der Waals surface area (Å²) in [5.74, 6) is 0.843. The van der Waals surface area contributed by atoms with Crippen molar-refractivity contribution in [1.29, 1.82) is 0 Å². The Morgan fingerprint density at radius 1 is 1.11 bits per heavy atom. The number of rotatable bonds is 3. The lowest BCUT2D eigenvalue weighted by Gasteiger charge is -2.26. The van der Waals surface area contributed by atoms with Crippen LogP contribution in [0.4, 0.5) is 5.82 Å². The van der Waals surface area contributed by atoms with E-state index in [1.54, 1.807) is 6.07 Å². The quantitative estimate of drug-likeness (QED) is 0.765. The highest BCUT2D eigenvalue weighted by molar-refractivity contribution is 6.30. The third-order valence-corrected chi connectivity index (χ3v) is 3.42. The molecule has 0 saturated heterocycles. The summed E-state index contributed by atoms with van der Waals surface area (Å²) in [6, 6.07) is 13.6. The van der Waals surface area contributed by atoms with Gasteiger partial charge in [0, 0.05) is 12.1 Å². The van der Waals surface area contributed by atoms with Crippen molar-refractivity contribution in [3.8, 4) is 0 Å². The van der Waals surface area contributed by atoms with Crippen LogP contribution in [0.1, 0.15) is 18.5 Å². The second kappa shape index (κ2) is 5.59. The van der Waals surface area contributed by atoms with Crippen molar-refractivity contribution >= 4 is 29.0 Å². The number of hydrogen-bond donors (Lipinski definition) is 0. The van der Waals surface area contributed by atoms with E-state index in [0.717, 1.165) is 16.4 Å². The number of halogens is 2. The summed E-state index contributed by atoms with van der Waals surface area (Å²) >= 11 is 11.9. The minimum atomic E-state index is 0.176. The molecule has 18 heavy (non-hydrogen) atoms. The van der Waals surface area contributed by atoms with Crippen LogP contribution in [0, 0.1) is 0 Å². The number of benzene rings is 1. The molecule has 2 nitrogen and oxygen atoms in total. The Labute approximate surface area is 117 Å². The molecule has 1 heterocycles. The van der Waals surface area contributed by atoms with Crippen LogP contribution in [0.5, 0.6) is 0 Å². The molecule has 0 spiro atoms. The molecule has 0 aliphatic carbocycles. The molecule has 0 fully saturated rings. The Bertz CT molecular complexity index is 493.